The van der Waals surface area contributed by atoms with Crippen LogP contribution in [0.1, 0.15) is 194 Å². The first-order valence-corrected chi connectivity index (χ1v) is 21.9. The third kappa shape index (κ3) is 39.1. The van der Waals surface area contributed by atoms with Crippen molar-refractivity contribution in [1.29, 1.82) is 0 Å². The second kappa shape index (κ2) is 37.0. The molecule has 0 saturated carbocycles. The van der Waals surface area contributed by atoms with E-state index in [1.165, 1.54) is 141 Å². The maximum Gasteiger partial charge on any atom is 0.469 e. The first-order valence-electron chi connectivity index (χ1n) is 20.3. The Labute approximate surface area is 306 Å². The molecule has 0 aliphatic carbocycles. The normalized spacial score (nSPS) is 12.8. The number of rotatable bonds is 37. The van der Waals surface area contributed by atoms with Crippen LogP contribution in [0, 0.1) is 0 Å². The van der Waals surface area contributed by atoms with Crippen molar-refractivity contribution >= 4 is 19.8 Å². The largest absolute Gasteiger partial charge is 0.469 e. The summed E-state index contributed by atoms with van der Waals surface area (Å²) in [4.78, 5) is 42.6. The topological polar surface area (TPSA) is 119 Å². The van der Waals surface area contributed by atoms with Gasteiger partial charge in [-0.05, 0) is 44.9 Å². The summed E-state index contributed by atoms with van der Waals surface area (Å²) in [7, 11) is -4.77. The van der Waals surface area contributed by atoms with Gasteiger partial charge in [-0.2, -0.15) is 0 Å². The molecule has 0 bridgehead atoms. The standard InChI is InChI=1S/C41H75O8P/c1-3-5-7-9-11-13-15-17-19-20-22-24-26-28-30-32-34-36-41(43)49-39(38-48-50(44,45)46)37-47-40(42)35-33-31-29-27-25-23-21-18-16-14-12-10-8-6-4-2/h13,15,29,31,33,35,39H,3-12,14,16-28,30,32,34,36-38H2,1-2H3,(H2,44,45,46)/b15-13+,31-29+,35-33+/t39-/m1/s1. The third-order valence-electron chi connectivity index (χ3n) is 8.73. The highest BCUT2D eigenvalue weighted by Gasteiger charge is 2.22. The number of carbonyl (C=O) groups excluding carboxylic acids is 2. The fourth-order valence-electron chi connectivity index (χ4n) is 5.69. The van der Waals surface area contributed by atoms with Crippen LogP contribution in [0.15, 0.2) is 36.5 Å². The molecule has 8 nitrogen and oxygen atoms in total. The van der Waals surface area contributed by atoms with Crippen molar-refractivity contribution in [2.24, 2.45) is 0 Å². The second-order valence-corrected chi connectivity index (χ2v) is 14.9. The molecule has 50 heavy (non-hydrogen) atoms. The van der Waals surface area contributed by atoms with E-state index in [1.54, 1.807) is 6.08 Å². The number of carbonyl (C=O) groups is 2. The van der Waals surface area contributed by atoms with Crippen molar-refractivity contribution in [2.75, 3.05) is 13.2 Å². The van der Waals surface area contributed by atoms with Crippen LogP contribution in [-0.2, 0) is 28.2 Å². The average molecular weight is 727 g/mol. The highest BCUT2D eigenvalue weighted by molar-refractivity contribution is 7.46. The SMILES string of the molecule is CCCCCC/C=C/CCCCCCCCCCCC(=O)O[C@H](COC(=O)/C=C/C=C/CCCCCCCCCCCCC)COP(=O)(O)O. The van der Waals surface area contributed by atoms with E-state index in [1.807, 2.05) is 12.2 Å². The average Bonchev–Trinajstić information content (AvgIpc) is 3.08. The number of phosphoric acid groups is 1. The number of esters is 2. The van der Waals surface area contributed by atoms with Gasteiger partial charge in [0.1, 0.15) is 6.61 Å². The van der Waals surface area contributed by atoms with Gasteiger partial charge in [-0.1, -0.05) is 173 Å². The molecule has 0 spiro atoms. The molecular weight excluding hydrogens is 651 g/mol. The molecule has 0 heterocycles. The lowest BCUT2D eigenvalue weighted by atomic mass is 10.1. The minimum absolute atomic E-state index is 0.191. The Balaban J connectivity index is 4.01. The van der Waals surface area contributed by atoms with E-state index in [0.717, 1.165) is 32.1 Å². The molecule has 0 fully saturated rings. The van der Waals surface area contributed by atoms with Gasteiger partial charge in [0.2, 0.25) is 0 Å². The van der Waals surface area contributed by atoms with Gasteiger partial charge in [-0.25, -0.2) is 9.36 Å². The summed E-state index contributed by atoms with van der Waals surface area (Å²) in [5, 5.41) is 0. The number of unbranched alkanes of at least 4 members (excludes halogenated alkanes) is 24. The maximum atomic E-state index is 12.4. The Morgan fingerprint density at radius 2 is 0.980 bits per heavy atom. The predicted octanol–water partition coefficient (Wildman–Crippen LogP) is 12.2. The lowest BCUT2D eigenvalue weighted by Crippen LogP contribution is -2.29. The number of ether oxygens (including phenoxy) is 2. The summed E-state index contributed by atoms with van der Waals surface area (Å²) in [5.41, 5.74) is 0. The summed E-state index contributed by atoms with van der Waals surface area (Å²) in [6, 6.07) is 0. The van der Waals surface area contributed by atoms with Crippen LogP contribution >= 0.6 is 7.82 Å². The summed E-state index contributed by atoms with van der Waals surface area (Å²) in [5.74, 6) is -1.14. The molecule has 0 aliphatic heterocycles. The van der Waals surface area contributed by atoms with Gasteiger partial charge in [-0.15, -0.1) is 0 Å². The second-order valence-electron chi connectivity index (χ2n) is 13.7. The van der Waals surface area contributed by atoms with E-state index in [0.29, 0.717) is 6.42 Å². The monoisotopic (exact) mass is 727 g/mol. The molecule has 2 N–H and O–H groups in total. The minimum Gasteiger partial charge on any atom is -0.458 e. The van der Waals surface area contributed by atoms with E-state index in [2.05, 4.69) is 30.5 Å². The van der Waals surface area contributed by atoms with Crippen LogP contribution in [-0.4, -0.2) is 41.0 Å². The Bertz CT molecular complexity index is 910. The Morgan fingerprint density at radius 3 is 1.46 bits per heavy atom. The van der Waals surface area contributed by atoms with Crippen molar-refractivity contribution in [3.63, 3.8) is 0 Å². The quantitative estimate of drug-likeness (QED) is 0.0162. The molecule has 0 aromatic heterocycles. The zero-order valence-electron chi connectivity index (χ0n) is 32.0. The molecule has 9 heteroatoms. The van der Waals surface area contributed by atoms with Crippen LogP contribution in [0.4, 0.5) is 0 Å². The summed E-state index contributed by atoms with van der Waals surface area (Å²) in [6.07, 6.45) is 43.5. The van der Waals surface area contributed by atoms with Crippen molar-refractivity contribution < 1.29 is 37.9 Å². The molecule has 0 radical (unpaired) electrons. The summed E-state index contributed by atoms with van der Waals surface area (Å²) in [6.45, 7) is 3.57. The molecule has 0 rings (SSSR count). The summed E-state index contributed by atoms with van der Waals surface area (Å²) < 4.78 is 26.2. The Kier molecular flexibility index (Phi) is 35.8. The van der Waals surface area contributed by atoms with Crippen LogP contribution in [0.2, 0.25) is 0 Å². The van der Waals surface area contributed by atoms with E-state index < -0.39 is 32.5 Å². The van der Waals surface area contributed by atoms with E-state index >= 15 is 0 Å². The first kappa shape index (κ1) is 48.3. The van der Waals surface area contributed by atoms with E-state index in [4.69, 9.17) is 19.3 Å². The van der Waals surface area contributed by atoms with Crippen molar-refractivity contribution in [3.8, 4) is 0 Å². The zero-order chi connectivity index (χ0) is 36.8. The fraction of sp³-hybridized carbons (Fsp3) is 0.805. The highest BCUT2D eigenvalue weighted by Crippen LogP contribution is 2.36. The lowest BCUT2D eigenvalue weighted by Gasteiger charge is -2.18. The number of allylic oxidation sites excluding steroid dienone is 5. The van der Waals surface area contributed by atoms with Crippen LogP contribution in [0.3, 0.4) is 0 Å². The van der Waals surface area contributed by atoms with E-state index in [9.17, 15) is 14.2 Å². The molecule has 0 aliphatic rings. The van der Waals surface area contributed by atoms with Gasteiger partial charge in [0.25, 0.3) is 0 Å². The molecule has 0 aromatic carbocycles. The van der Waals surface area contributed by atoms with Gasteiger partial charge in [0.15, 0.2) is 6.10 Å². The molecule has 0 saturated heterocycles. The Hall–Kier alpha value is -1.73. The molecular formula is C41H75O8P. The molecule has 0 amide bonds. The van der Waals surface area contributed by atoms with Gasteiger partial charge in [-0.3, -0.25) is 9.32 Å². The molecule has 1 atom stereocenters. The maximum absolute atomic E-state index is 12.4. The third-order valence-corrected chi connectivity index (χ3v) is 9.22. The smallest absolute Gasteiger partial charge is 0.458 e. The van der Waals surface area contributed by atoms with Gasteiger partial charge >= 0.3 is 19.8 Å². The minimum atomic E-state index is -4.77. The van der Waals surface area contributed by atoms with Crippen molar-refractivity contribution in [3.05, 3.63) is 36.5 Å². The zero-order valence-corrected chi connectivity index (χ0v) is 32.9. The van der Waals surface area contributed by atoms with Gasteiger partial charge in [0.05, 0.1) is 6.61 Å². The number of hydrogen-bond donors (Lipinski definition) is 2. The van der Waals surface area contributed by atoms with Crippen LogP contribution in [0.25, 0.3) is 0 Å². The van der Waals surface area contributed by atoms with Crippen LogP contribution in [0.5, 0.6) is 0 Å². The first-order chi connectivity index (χ1) is 24.3. The highest BCUT2D eigenvalue weighted by atomic mass is 31.2. The summed E-state index contributed by atoms with van der Waals surface area (Å²) >= 11 is 0. The predicted molar refractivity (Wildman–Crippen MR) is 207 cm³/mol. The van der Waals surface area contributed by atoms with Gasteiger partial charge in [0, 0.05) is 12.5 Å². The molecule has 292 valence electrons. The van der Waals surface area contributed by atoms with Crippen LogP contribution < -0.4 is 0 Å². The Morgan fingerprint density at radius 1 is 0.560 bits per heavy atom. The van der Waals surface area contributed by atoms with E-state index in [-0.39, 0.29) is 13.0 Å². The molecule has 0 unspecified atom stereocenters. The lowest BCUT2D eigenvalue weighted by molar-refractivity contribution is -0.159. The number of hydrogen-bond acceptors (Lipinski definition) is 6. The molecule has 0 aromatic rings. The van der Waals surface area contributed by atoms with Crippen molar-refractivity contribution in [2.45, 2.75) is 200 Å². The number of phosphoric ester groups is 1. The van der Waals surface area contributed by atoms with Crippen molar-refractivity contribution in [1.82, 2.24) is 0 Å². The van der Waals surface area contributed by atoms with Gasteiger partial charge < -0.3 is 19.3 Å². The fourth-order valence-corrected chi connectivity index (χ4v) is 6.05.